The monoisotopic (exact) mass is 465 g/mol. The van der Waals surface area contributed by atoms with Crippen molar-refractivity contribution in [3.05, 3.63) is 82.3 Å². The highest BCUT2D eigenvalue weighted by Gasteiger charge is 2.13. The first-order valence-electron chi connectivity index (χ1n) is 9.53. The number of hydrogen-bond acceptors (Lipinski definition) is 5. The first-order valence-corrected chi connectivity index (χ1v) is 10.3. The van der Waals surface area contributed by atoms with Crippen LogP contribution in [0.25, 0.3) is 11.4 Å². The number of carbonyl (C=O) groups is 1. The Morgan fingerprint density at radius 1 is 1.13 bits per heavy atom. The van der Waals surface area contributed by atoms with Crippen LogP contribution < -0.4 is 5.32 Å². The third-order valence-corrected chi connectivity index (χ3v) is 5.38. The van der Waals surface area contributed by atoms with Crippen molar-refractivity contribution in [3.63, 3.8) is 0 Å². The highest BCUT2D eigenvalue weighted by Crippen LogP contribution is 2.19. The summed E-state index contributed by atoms with van der Waals surface area (Å²) in [6.07, 6.45) is 2.26. The Morgan fingerprint density at radius 3 is 2.73 bits per heavy atom. The van der Waals surface area contributed by atoms with Gasteiger partial charge in [0.2, 0.25) is 17.6 Å². The topological polar surface area (TPSA) is 85.8 Å². The zero-order valence-electron chi connectivity index (χ0n) is 16.4. The van der Waals surface area contributed by atoms with Gasteiger partial charge in [-0.3, -0.25) is 4.79 Å². The maximum Gasteiger partial charge on any atom is 0.227 e. The molecule has 4 aromatic rings. The molecule has 0 fully saturated rings. The van der Waals surface area contributed by atoms with Gasteiger partial charge in [-0.15, -0.1) is 0 Å². The van der Waals surface area contributed by atoms with Gasteiger partial charge in [0, 0.05) is 28.9 Å². The number of carbonyl (C=O) groups excluding carboxylic acids is 1. The van der Waals surface area contributed by atoms with Gasteiger partial charge in [-0.05, 0) is 18.6 Å². The zero-order valence-corrected chi connectivity index (χ0v) is 18.0. The minimum Gasteiger partial charge on any atom is -0.339 e. The van der Waals surface area contributed by atoms with Crippen molar-refractivity contribution in [3.8, 4) is 11.4 Å². The summed E-state index contributed by atoms with van der Waals surface area (Å²) in [4.78, 5) is 16.8. The molecule has 0 saturated carbocycles. The summed E-state index contributed by atoms with van der Waals surface area (Å²) in [7, 11) is 0. The molecule has 0 radical (unpaired) electrons. The number of hydrogen-bond donors (Lipinski definition) is 1. The molecule has 0 unspecified atom stereocenters. The van der Waals surface area contributed by atoms with E-state index in [0.29, 0.717) is 30.5 Å². The quantitative estimate of drug-likeness (QED) is 0.430. The van der Waals surface area contributed by atoms with E-state index in [1.54, 1.807) is 16.9 Å². The van der Waals surface area contributed by atoms with Gasteiger partial charge in [0.05, 0.1) is 12.7 Å². The number of rotatable bonds is 7. The Kier molecular flexibility index (Phi) is 6.04. The highest BCUT2D eigenvalue weighted by molar-refractivity contribution is 9.10. The maximum atomic E-state index is 12.4. The zero-order chi connectivity index (χ0) is 20.9. The summed E-state index contributed by atoms with van der Waals surface area (Å²) < 4.78 is 8.04. The summed E-state index contributed by atoms with van der Waals surface area (Å²) in [5.74, 6) is 1.46. The van der Waals surface area contributed by atoms with Crippen molar-refractivity contribution in [1.29, 1.82) is 0 Å². The summed E-state index contributed by atoms with van der Waals surface area (Å²) in [5, 5.41) is 11.2. The molecule has 0 aliphatic rings. The van der Waals surface area contributed by atoms with Gasteiger partial charge in [0.1, 0.15) is 5.82 Å². The standard InChI is InChI=1S/C22H20BrN5O2/c1-15-6-8-16(9-7-15)22-26-21(30-27-22)11-10-20(29)25-19-12-13-24-28(19)14-17-4-2-3-5-18(17)23/h2-9,12-13H,10-11,14H2,1H3,(H,25,29). The molecule has 152 valence electrons. The van der Waals surface area contributed by atoms with Gasteiger partial charge in [-0.2, -0.15) is 10.1 Å². The van der Waals surface area contributed by atoms with Crippen LogP contribution in [0.2, 0.25) is 0 Å². The molecule has 30 heavy (non-hydrogen) atoms. The molecule has 0 spiro atoms. The summed E-state index contributed by atoms with van der Waals surface area (Å²) in [6, 6.07) is 17.6. The van der Waals surface area contributed by atoms with E-state index in [1.165, 1.54) is 0 Å². The Balaban J connectivity index is 1.34. The second-order valence-corrected chi connectivity index (χ2v) is 7.75. The molecule has 2 aromatic heterocycles. The van der Waals surface area contributed by atoms with Crippen LogP contribution in [0.1, 0.15) is 23.4 Å². The number of anilines is 1. The Labute approximate surface area is 182 Å². The number of halogens is 1. The Morgan fingerprint density at radius 2 is 1.93 bits per heavy atom. The largest absolute Gasteiger partial charge is 0.339 e. The fraction of sp³-hybridized carbons (Fsp3) is 0.182. The van der Waals surface area contributed by atoms with Crippen LogP contribution >= 0.6 is 15.9 Å². The summed E-state index contributed by atoms with van der Waals surface area (Å²) >= 11 is 3.54. The van der Waals surface area contributed by atoms with Crippen LogP contribution in [-0.2, 0) is 17.8 Å². The molecular weight excluding hydrogens is 446 g/mol. The minimum absolute atomic E-state index is 0.140. The normalized spacial score (nSPS) is 10.9. The number of nitrogens with one attached hydrogen (secondary N) is 1. The first kappa shape index (κ1) is 20.0. The highest BCUT2D eigenvalue weighted by atomic mass is 79.9. The van der Waals surface area contributed by atoms with Gasteiger partial charge in [0.15, 0.2) is 0 Å². The van der Waals surface area contributed by atoms with Crippen molar-refractivity contribution in [2.24, 2.45) is 0 Å². The number of benzene rings is 2. The van der Waals surface area contributed by atoms with Crippen molar-refractivity contribution < 1.29 is 9.32 Å². The lowest BCUT2D eigenvalue weighted by Crippen LogP contribution is -2.16. The SMILES string of the molecule is Cc1ccc(-c2noc(CCC(=O)Nc3ccnn3Cc3ccccc3Br)n2)cc1. The number of aromatic nitrogens is 4. The number of nitrogens with zero attached hydrogens (tertiary/aromatic N) is 4. The molecular formula is C22H20BrN5O2. The molecule has 1 N–H and O–H groups in total. The van der Waals surface area contributed by atoms with E-state index in [9.17, 15) is 4.79 Å². The summed E-state index contributed by atoms with van der Waals surface area (Å²) in [5.41, 5.74) is 3.13. The molecule has 2 aromatic carbocycles. The van der Waals surface area contributed by atoms with Gasteiger partial charge in [-0.1, -0.05) is 69.1 Å². The van der Waals surface area contributed by atoms with E-state index in [0.717, 1.165) is 21.2 Å². The third kappa shape index (κ3) is 4.83. The van der Waals surface area contributed by atoms with Gasteiger partial charge >= 0.3 is 0 Å². The second-order valence-electron chi connectivity index (χ2n) is 6.89. The molecule has 0 aliphatic heterocycles. The lowest BCUT2D eigenvalue weighted by molar-refractivity contribution is -0.116. The molecule has 8 heteroatoms. The van der Waals surface area contributed by atoms with Crippen molar-refractivity contribution in [2.75, 3.05) is 5.32 Å². The fourth-order valence-electron chi connectivity index (χ4n) is 2.95. The molecule has 1 amide bonds. The second kappa shape index (κ2) is 9.04. The smallest absolute Gasteiger partial charge is 0.227 e. The number of amides is 1. The molecule has 0 saturated heterocycles. The van der Waals surface area contributed by atoms with Crippen molar-refractivity contribution in [2.45, 2.75) is 26.3 Å². The van der Waals surface area contributed by atoms with Crippen molar-refractivity contribution in [1.82, 2.24) is 19.9 Å². The molecule has 7 nitrogen and oxygen atoms in total. The number of aryl methyl sites for hydroxylation is 2. The Bertz CT molecular complexity index is 1150. The van der Waals surface area contributed by atoms with Gasteiger partial charge < -0.3 is 9.84 Å². The minimum atomic E-state index is -0.140. The van der Waals surface area contributed by atoms with E-state index in [2.05, 4.69) is 36.5 Å². The lowest BCUT2D eigenvalue weighted by Gasteiger charge is -2.10. The van der Waals surface area contributed by atoms with E-state index >= 15 is 0 Å². The van der Waals surface area contributed by atoms with Crippen LogP contribution in [0.3, 0.4) is 0 Å². The van der Waals surface area contributed by atoms with E-state index in [1.807, 2.05) is 55.5 Å². The molecule has 0 aliphatic carbocycles. The van der Waals surface area contributed by atoms with Crippen LogP contribution in [-0.4, -0.2) is 25.8 Å². The van der Waals surface area contributed by atoms with E-state index in [-0.39, 0.29) is 12.3 Å². The predicted octanol–water partition coefficient (Wildman–Crippen LogP) is 4.62. The molecule has 4 rings (SSSR count). The first-order chi connectivity index (χ1) is 14.6. The fourth-order valence-corrected chi connectivity index (χ4v) is 3.37. The van der Waals surface area contributed by atoms with Crippen molar-refractivity contribution >= 4 is 27.7 Å². The van der Waals surface area contributed by atoms with E-state index in [4.69, 9.17) is 4.52 Å². The van der Waals surface area contributed by atoms with Crippen LogP contribution in [0.5, 0.6) is 0 Å². The van der Waals surface area contributed by atoms with Crippen LogP contribution in [0.15, 0.2) is 69.8 Å². The maximum absolute atomic E-state index is 12.4. The molecule has 2 heterocycles. The molecule has 0 atom stereocenters. The molecule has 0 bridgehead atoms. The van der Waals surface area contributed by atoms with E-state index < -0.39 is 0 Å². The average molecular weight is 466 g/mol. The lowest BCUT2D eigenvalue weighted by atomic mass is 10.1. The van der Waals surface area contributed by atoms with Gasteiger partial charge in [-0.25, -0.2) is 4.68 Å². The van der Waals surface area contributed by atoms with Crippen LogP contribution in [0, 0.1) is 6.92 Å². The summed E-state index contributed by atoms with van der Waals surface area (Å²) in [6.45, 7) is 2.57. The average Bonchev–Trinajstić information content (AvgIpc) is 3.39. The third-order valence-electron chi connectivity index (χ3n) is 4.61. The Hall–Kier alpha value is -3.26. The van der Waals surface area contributed by atoms with Crippen LogP contribution in [0.4, 0.5) is 5.82 Å². The van der Waals surface area contributed by atoms with Gasteiger partial charge in [0.25, 0.3) is 0 Å². The predicted molar refractivity (Wildman–Crippen MR) is 117 cm³/mol.